The highest BCUT2D eigenvalue weighted by molar-refractivity contribution is 7.99. The summed E-state index contributed by atoms with van der Waals surface area (Å²) in [5.74, 6) is -2.97. The summed E-state index contributed by atoms with van der Waals surface area (Å²) in [6.07, 6.45) is 0. The van der Waals surface area contributed by atoms with Gasteiger partial charge in [0, 0.05) is 7.05 Å². The minimum absolute atomic E-state index is 0.0222. The van der Waals surface area contributed by atoms with Gasteiger partial charge in [-0.05, 0) is 48.5 Å². The van der Waals surface area contributed by atoms with Crippen molar-refractivity contribution >= 4 is 38.7 Å². The normalized spacial score (nSPS) is 13.0. The van der Waals surface area contributed by atoms with Crippen molar-refractivity contribution < 1.29 is 22.0 Å². The Balaban J connectivity index is 1.83. The van der Waals surface area contributed by atoms with Crippen molar-refractivity contribution in [3.63, 3.8) is 0 Å². The molecule has 1 aromatic heterocycles. The highest BCUT2D eigenvalue weighted by atomic mass is 32.2. The molecule has 7 nitrogen and oxygen atoms in total. The smallest absolute Gasteiger partial charge is 0.291 e. The first-order chi connectivity index (χ1) is 14.1. The molecule has 0 fully saturated rings. The number of rotatable bonds is 7. The number of carbonyl (C=O) groups excluding carboxylic acids is 1. The van der Waals surface area contributed by atoms with Crippen LogP contribution in [0.1, 0.15) is 18.5 Å². The third-order valence-electron chi connectivity index (χ3n) is 4.77. The van der Waals surface area contributed by atoms with E-state index in [2.05, 4.69) is 4.98 Å². The number of amides is 1. The summed E-state index contributed by atoms with van der Waals surface area (Å²) in [5, 5.41) is 5.17. The summed E-state index contributed by atoms with van der Waals surface area (Å²) in [5.41, 5.74) is 1.83. The molecule has 1 heterocycles. The number of sulfonamides is 1. The summed E-state index contributed by atoms with van der Waals surface area (Å²) in [6, 6.07) is 12.5. The zero-order chi connectivity index (χ0) is 22.1. The number of aromatic nitrogens is 2. The molecule has 1 atom stereocenters. The van der Waals surface area contributed by atoms with Gasteiger partial charge in [-0.1, -0.05) is 24.3 Å². The molecule has 0 spiro atoms. The molecule has 3 aromatic rings. The van der Waals surface area contributed by atoms with Crippen LogP contribution < -0.4 is 5.14 Å². The van der Waals surface area contributed by atoms with Crippen molar-refractivity contribution in [2.24, 2.45) is 5.14 Å². The quantitative estimate of drug-likeness (QED) is 0.553. The number of fused-ring (bicyclic) bond motifs is 1. The Hall–Kier alpha value is -2.50. The summed E-state index contributed by atoms with van der Waals surface area (Å²) < 4.78 is 50.2. The zero-order valence-electron chi connectivity index (χ0n) is 16.2. The van der Waals surface area contributed by atoms with E-state index in [1.807, 2.05) is 0 Å². The van der Waals surface area contributed by atoms with Gasteiger partial charge in [0.05, 0.1) is 22.0 Å². The molecule has 2 aromatic carbocycles. The standard InChI is InChI=1S/C19H20F2N4O3S2/c1-12(13-7-9-14(10-8-13)30(22,27)28)24(2)17(26)11-25-16-6-4-3-5-15(16)23-19(25)29-18(20)21/h3-10,12,18H,11H2,1-2H3,(H2,22,27,28)/t12-/m0/s1. The molecule has 1 amide bonds. The molecule has 11 heteroatoms. The van der Waals surface area contributed by atoms with Crippen molar-refractivity contribution in [2.75, 3.05) is 7.05 Å². The predicted octanol–water partition coefficient (Wildman–Crippen LogP) is 3.22. The number of likely N-dealkylation sites (N-methyl/N-ethyl adjacent to an activating group) is 1. The van der Waals surface area contributed by atoms with Crippen LogP contribution >= 0.6 is 11.8 Å². The molecule has 160 valence electrons. The lowest BCUT2D eigenvalue weighted by Crippen LogP contribution is -2.32. The summed E-state index contributed by atoms with van der Waals surface area (Å²) in [6.45, 7) is 1.62. The molecule has 30 heavy (non-hydrogen) atoms. The highest BCUT2D eigenvalue weighted by Gasteiger charge is 2.22. The van der Waals surface area contributed by atoms with Crippen LogP contribution in [-0.2, 0) is 21.4 Å². The number of halogens is 2. The van der Waals surface area contributed by atoms with Crippen LogP contribution in [0.3, 0.4) is 0 Å². The second kappa shape index (κ2) is 8.70. The largest absolute Gasteiger partial charge is 0.337 e. The molecule has 0 unspecified atom stereocenters. The topological polar surface area (TPSA) is 98.3 Å². The molecule has 0 aliphatic heterocycles. The Morgan fingerprint density at radius 3 is 2.43 bits per heavy atom. The minimum atomic E-state index is -3.81. The monoisotopic (exact) mass is 454 g/mol. The second-order valence-corrected chi connectivity index (χ2v) is 9.16. The molecule has 2 N–H and O–H groups in total. The lowest BCUT2D eigenvalue weighted by Gasteiger charge is -2.26. The van der Waals surface area contributed by atoms with Crippen molar-refractivity contribution in [1.29, 1.82) is 0 Å². The zero-order valence-corrected chi connectivity index (χ0v) is 17.8. The number of thioether (sulfide) groups is 1. The highest BCUT2D eigenvalue weighted by Crippen LogP contribution is 2.29. The van der Waals surface area contributed by atoms with Crippen LogP contribution in [0.25, 0.3) is 11.0 Å². The third kappa shape index (κ3) is 4.79. The van der Waals surface area contributed by atoms with Crippen LogP contribution in [-0.4, -0.2) is 41.6 Å². The fourth-order valence-corrected chi connectivity index (χ4v) is 4.11. The lowest BCUT2D eigenvalue weighted by atomic mass is 10.1. The number of hydrogen-bond acceptors (Lipinski definition) is 5. The van der Waals surface area contributed by atoms with Crippen LogP contribution in [0.4, 0.5) is 8.78 Å². The van der Waals surface area contributed by atoms with Gasteiger partial charge in [-0.3, -0.25) is 4.79 Å². The van der Waals surface area contributed by atoms with Crippen molar-refractivity contribution in [3.05, 3.63) is 54.1 Å². The summed E-state index contributed by atoms with van der Waals surface area (Å²) in [4.78, 5) is 18.6. The number of alkyl halides is 2. The van der Waals surface area contributed by atoms with Crippen LogP contribution in [0.15, 0.2) is 58.6 Å². The number of hydrogen-bond donors (Lipinski definition) is 1. The van der Waals surface area contributed by atoms with Crippen molar-refractivity contribution in [1.82, 2.24) is 14.5 Å². The molecule has 0 saturated carbocycles. The Morgan fingerprint density at radius 1 is 1.20 bits per heavy atom. The summed E-state index contributed by atoms with van der Waals surface area (Å²) in [7, 11) is -2.21. The first-order valence-electron chi connectivity index (χ1n) is 8.86. The van der Waals surface area contributed by atoms with Gasteiger partial charge in [0.1, 0.15) is 6.54 Å². The molecule has 0 aliphatic carbocycles. The van der Waals surface area contributed by atoms with Gasteiger partial charge in [-0.15, -0.1) is 0 Å². The number of para-hydroxylation sites is 2. The Kier molecular flexibility index (Phi) is 6.44. The molecular formula is C19H20F2N4O3S2. The van der Waals surface area contributed by atoms with Crippen LogP contribution in [0, 0.1) is 0 Å². The average Bonchev–Trinajstić information content (AvgIpc) is 3.02. The minimum Gasteiger partial charge on any atom is -0.337 e. The van der Waals surface area contributed by atoms with E-state index in [-0.39, 0.29) is 28.5 Å². The molecule has 0 radical (unpaired) electrons. The molecule has 3 rings (SSSR count). The van der Waals surface area contributed by atoms with Gasteiger partial charge >= 0.3 is 0 Å². The van der Waals surface area contributed by atoms with E-state index in [9.17, 15) is 22.0 Å². The van der Waals surface area contributed by atoms with Gasteiger partial charge in [0.25, 0.3) is 5.76 Å². The Morgan fingerprint density at radius 2 is 1.83 bits per heavy atom. The van der Waals surface area contributed by atoms with Crippen molar-refractivity contribution in [3.8, 4) is 0 Å². The van der Waals surface area contributed by atoms with Gasteiger partial charge < -0.3 is 9.47 Å². The molecule has 0 saturated heterocycles. The lowest BCUT2D eigenvalue weighted by molar-refractivity contribution is -0.132. The van der Waals surface area contributed by atoms with Gasteiger partial charge in [0.2, 0.25) is 15.9 Å². The van der Waals surface area contributed by atoms with E-state index in [1.165, 1.54) is 21.6 Å². The second-order valence-electron chi connectivity index (χ2n) is 6.64. The maximum atomic E-state index is 13.0. The third-order valence-corrected chi connectivity index (χ3v) is 6.40. The number of carbonyl (C=O) groups is 1. The number of benzene rings is 2. The van der Waals surface area contributed by atoms with E-state index >= 15 is 0 Å². The molecule has 0 aliphatic rings. The predicted molar refractivity (Wildman–Crippen MR) is 111 cm³/mol. The first kappa shape index (κ1) is 22.2. The number of imidazole rings is 1. The maximum absolute atomic E-state index is 13.0. The Bertz CT molecular complexity index is 1160. The number of nitrogens with zero attached hydrogens (tertiary/aromatic N) is 3. The number of nitrogens with two attached hydrogens (primary N) is 1. The molecule has 0 bridgehead atoms. The fraction of sp³-hybridized carbons (Fsp3) is 0.263. The van der Waals surface area contributed by atoms with E-state index in [0.29, 0.717) is 28.4 Å². The van der Waals surface area contributed by atoms with E-state index in [1.54, 1.807) is 50.4 Å². The van der Waals surface area contributed by atoms with E-state index in [0.717, 1.165) is 0 Å². The van der Waals surface area contributed by atoms with E-state index < -0.39 is 15.8 Å². The number of primary sulfonamides is 1. The Labute approximate surface area is 176 Å². The summed E-state index contributed by atoms with van der Waals surface area (Å²) >= 11 is 0.292. The van der Waals surface area contributed by atoms with E-state index in [4.69, 9.17) is 5.14 Å². The fourth-order valence-electron chi connectivity index (χ4n) is 3.00. The van der Waals surface area contributed by atoms with Gasteiger partial charge in [-0.2, -0.15) is 8.78 Å². The average molecular weight is 455 g/mol. The van der Waals surface area contributed by atoms with Gasteiger partial charge in [-0.25, -0.2) is 18.5 Å². The van der Waals surface area contributed by atoms with Crippen molar-refractivity contribution in [2.45, 2.75) is 35.3 Å². The van der Waals surface area contributed by atoms with Crippen LogP contribution in [0.5, 0.6) is 0 Å². The van der Waals surface area contributed by atoms with Gasteiger partial charge in [0.15, 0.2) is 5.16 Å². The first-order valence-corrected chi connectivity index (χ1v) is 11.3. The SMILES string of the molecule is C[C@@H](c1ccc(S(N)(=O)=O)cc1)N(C)C(=O)Cn1c(SC(F)F)nc2ccccc21. The van der Waals surface area contributed by atoms with Crippen LogP contribution in [0.2, 0.25) is 0 Å². The maximum Gasteiger partial charge on any atom is 0.291 e. The molecular weight excluding hydrogens is 434 g/mol.